The summed E-state index contributed by atoms with van der Waals surface area (Å²) in [6.45, 7) is 28.9. The monoisotopic (exact) mass is 668 g/mol. The number of hydrogen-bond donors (Lipinski definition) is 3. The summed E-state index contributed by atoms with van der Waals surface area (Å²) in [4.78, 5) is 16.4. The van der Waals surface area contributed by atoms with Crippen molar-refractivity contribution in [3.63, 3.8) is 0 Å². The van der Waals surface area contributed by atoms with Crippen molar-refractivity contribution in [3.05, 3.63) is 86.5 Å². The minimum atomic E-state index is -0.0357. The van der Waals surface area contributed by atoms with Gasteiger partial charge >= 0.3 is 0 Å². The zero-order valence-corrected chi connectivity index (χ0v) is 32.1. The van der Waals surface area contributed by atoms with E-state index in [1.54, 1.807) is 18.6 Å². The number of aromatic hydroxyl groups is 3. The smallest absolute Gasteiger partial charge is 0.127 e. The maximum absolute atomic E-state index is 10.7. The Bertz CT molecular complexity index is 1480. The topological polar surface area (TPSA) is 101 Å². The van der Waals surface area contributed by atoms with E-state index in [9.17, 15) is 15.3 Å². The number of benzene rings is 3. The van der Waals surface area contributed by atoms with Crippen LogP contribution in [-0.4, -0.2) is 78.1 Å². The average molecular weight is 669 g/mol. The molecule has 266 valence electrons. The molecule has 0 saturated carbocycles. The summed E-state index contributed by atoms with van der Waals surface area (Å²) < 4.78 is 0. The molecule has 0 unspecified atom stereocenters. The molecule has 0 aliphatic heterocycles. The molecule has 3 N–H and O–H groups in total. The first kappa shape index (κ1) is 39.5. The summed E-state index contributed by atoms with van der Waals surface area (Å²) in [6, 6.07) is 12.2. The normalized spacial score (nSPS) is 13.2. The molecular weight excluding hydrogens is 608 g/mol. The molecule has 0 bridgehead atoms. The van der Waals surface area contributed by atoms with Crippen molar-refractivity contribution in [2.45, 2.75) is 99.3 Å². The predicted octanol–water partition coefficient (Wildman–Crippen LogP) is 8.58. The highest BCUT2D eigenvalue weighted by Gasteiger charge is 2.19. The first-order valence-corrected chi connectivity index (χ1v) is 17.4. The lowest BCUT2D eigenvalue weighted by Crippen LogP contribution is -2.31. The van der Waals surface area contributed by atoms with Gasteiger partial charge in [0.15, 0.2) is 0 Å². The largest absolute Gasteiger partial charge is 0.507 e. The van der Waals surface area contributed by atoms with Gasteiger partial charge in [-0.3, -0.25) is 19.9 Å². The molecule has 3 aromatic rings. The van der Waals surface area contributed by atoms with E-state index in [2.05, 4.69) is 67.2 Å². The molecule has 0 aliphatic rings. The number of hydrogen-bond acceptors (Lipinski definition) is 7. The van der Waals surface area contributed by atoms with Gasteiger partial charge in [-0.25, -0.2) is 0 Å². The lowest BCUT2D eigenvalue weighted by atomic mass is 9.85. The van der Waals surface area contributed by atoms with Crippen LogP contribution in [0.3, 0.4) is 0 Å². The van der Waals surface area contributed by atoms with Gasteiger partial charge in [0.1, 0.15) is 17.2 Å². The van der Waals surface area contributed by atoms with Gasteiger partial charge in [0.25, 0.3) is 0 Å². The molecule has 7 nitrogen and oxygen atoms in total. The van der Waals surface area contributed by atoms with Crippen LogP contribution >= 0.6 is 0 Å². The van der Waals surface area contributed by atoms with Gasteiger partial charge in [0.05, 0.1) is 19.6 Å². The third-order valence-electron chi connectivity index (χ3n) is 8.92. The van der Waals surface area contributed by atoms with Crippen molar-refractivity contribution in [1.82, 2.24) is 4.90 Å². The number of phenols is 3. The minimum absolute atomic E-state index is 0.0357. The highest BCUT2D eigenvalue weighted by molar-refractivity contribution is 5.86. The zero-order valence-electron chi connectivity index (χ0n) is 32.1. The first-order valence-electron chi connectivity index (χ1n) is 17.4. The molecule has 0 saturated heterocycles. The van der Waals surface area contributed by atoms with Gasteiger partial charge in [0.2, 0.25) is 0 Å². The summed E-state index contributed by atoms with van der Waals surface area (Å²) in [5.41, 5.74) is 8.08. The molecule has 0 amide bonds. The highest BCUT2D eigenvalue weighted by atomic mass is 16.3. The third kappa shape index (κ3) is 11.3. The van der Waals surface area contributed by atoms with Crippen LogP contribution in [0, 0.1) is 20.8 Å². The minimum Gasteiger partial charge on any atom is -0.507 e. The van der Waals surface area contributed by atoms with Crippen molar-refractivity contribution in [3.8, 4) is 17.2 Å². The van der Waals surface area contributed by atoms with E-state index in [0.29, 0.717) is 39.3 Å². The molecular formula is C42H60N4O3. The molecule has 0 radical (unpaired) electrons. The quantitative estimate of drug-likeness (QED) is 0.168. The van der Waals surface area contributed by atoms with E-state index < -0.39 is 0 Å². The first-order chi connectivity index (χ1) is 22.7. The van der Waals surface area contributed by atoms with E-state index in [-0.39, 0.29) is 33.5 Å². The fourth-order valence-corrected chi connectivity index (χ4v) is 5.44. The summed E-state index contributed by atoms with van der Waals surface area (Å²) >= 11 is 0. The number of nitrogens with zero attached hydrogens (tertiary/aromatic N) is 4. The fraction of sp³-hybridized carbons (Fsp3) is 0.500. The maximum Gasteiger partial charge on any atom is 0.127 e. The third-order valence-corrected chi connectivity index (χ3v) is 8.92. The SMILES string of the molecule is Cc1cc(C(C)(C)C)cc(C=NCCN(CCN=Cc2cc(C(C)(C)C)cc(C)c2O)CCN=Cc2cc(C(C)(C)C)cc(C)c2O)c1O. The van der Waals surface area contributed by atoms with Gasteiger partial charge in [0, 0.05) is 55.0 Å². The fourth-order valence-electron chi connectivity index (χ4n) is 5.44. The molecule has 3 rings (SSSR count). The zero-order chi connectivity index (χ0) is 36.7. The van der Waals surface area contributed by atoms with Crippen LogP contribution in [0.15, 0.2) is 51.4 Å². The lowest BCUT2D eigenvalue weighted by molar-refractivity contribution is 0.298. The Morgan fingerprint density at radius 3 is 0.939 bits per heavy atom. The summed E-state index contributed by atoms with van der Waals surface area (Å²) in [5, 5.41) is 32.1. The Morgan fingerprint density at radius 2 is 0.714 bits per heavy atom. The molecule has 3 aromatic carbocycles. The number of phenolic OH excluding ortho intramolecular Hbond substituents is 3. The molecule has 0 fully saturated rings. The van der Waals surface area contributed by atoms with Crippen molar-refractivity contribution >= 4 is 18.6 Å². The molecule has 49 heavy (non-hydrogen) atoms. The van der Waals surface area contributed by atoms with E-state index in [1.165, 1.54) is 0 Å². The molecule has 0 spiro atoms. The van der Waals surface area contributed by atoms with Crippen LogP contribution in [0.25, 0.3) is 0 Å². The van der Waals surface area contributed by atoms with Gasteiger partial charge < -0.3 is 15.3 Å². The van der Waals surface area contributed by atoms with Crippen molar-refractivity contribution in [2.24, 2.45) is 15.0 Å². The van der Waals surface area contributed by atoms with Crippen LogP contribution in [0.5, 0.6) is 17.2 Å². The molecule has 0 heterocycles. The number of rotatable bonds is 12. The Hall–Kier alpha value is -3.97. The van der Waals surface area contributed by atoms with Crippen LogP contribution in [0.1, 0.15) is 112 Å². The van der Waals surface area contributed by atoms with E-state index >= 15 is 0 Å². The van der Waals surface area contributed by atoms with Crippen molar-refractivity contribution < 1.29 is 15.3 Å². The van der Waals surface area contributed by atoms with Gasteiger partial charge in [-0.1, -0.05) is 80.5 Å². The van der Waals surface area contributed by atoms with Crippen LogP contribution in [-0.2, 0) is 16.2 Å². The van der Waals surface area contributed by atoms with Gasteiger partial charge in [-0.15, -0.1) is 0 Å². The summed E-state index contributed by atoms with van der Waals surface area (Å²) in [6.07, 6.45) is 5.31. The second-order valence-electron chi connectivity index (χ2n) is 16.4. The van der Waals surface area contributed by atoms with E-state index in [0.717, 1.165) is 50.1 Å². The summed E-state index contributed by atoms with van der Waals surface area (Å²) in [7, 11) is 0. The van der Waals surface area contributed by atoms with Crippen LogP contribution < -0.4 is 0 Å². The molecule has 0 atom stereocenters. The standard InChI is InChI=1S/C42H60N4O3/c1-28-19-34(40(4,5)6)22-31(37(28)47)25-43-13-16-46(17-14-44-26-32-23-35(41(7,8)9)20-29(2)38(32)48)18-15-45-27-33-24-36(42(10,11)12)21-30(3)39(33)49/h19-27,47-49H,13-18H2,1-12H3. The van der Waals surface area contributed by atoms with Crippen molar-refractivity contribution in [1.29, 1.82) is 0 Å². The Morgan fingerprint density at radius 1 is 0.469 bits per heavy atom. The van der Waals surface area contributed by atoms with Gasteiger partial charge in [-0.2, -0.15) is 0 Å². The highest BCUT2D eigenvalue weighted by Crippen LogP contribution is 2.32. The number of aliphatic imine (C=N–C) groups is 3. The van der Waals surface area contributed by atoms with Crippen molar-refractivity contribution in [2.75, 3.05) is 39.3 Å². The Balaban J connectivity index is 1.76. The predicted molar refractivity (Wildman–Crippen MR) is 208 cm³/mol. The summed E-state index contributed by atoms with van der Waals surface area (Å²) in [5.74, 6) is 0.793. The average Bonchev–Trinajstić information content (AvgIpc) is 2.99. The van der Waals surface area contributed by atoms with E-state index in [1.807, 2.05) is 57.2 Å². The number of aryl methyl sites for hydroxylation is 3. The molecule has 0 aromatic heterocycles. The molecule has 0 aliphatic carbocycles. The lowest BCUT2D eigenvalue weighted by Gasteiger charge is -2.21. The maximum atomic E-state index is 10.7. The Labute approximate surface area is 295 Å². The Kier molecular flexibility index (Phi) is 13.0. The van der Waals surface area contributed by atoms with Gasteiger partial charge in [-0.05, 0) is 88.6 Å². The molecule has 7 heteroatoms. The second kappa shape index (κ2) is 16.2. The van der Waals surface area contributed by atoms with Crippen LogP contribution in [0.4, 0.5) is 0 Å². The second-order valence-corrected chi connectivity index (χ2v) is 16.4. The van der Waals surface area contributed by atoms with E-state index in [4.69, 9.17) is 15.0 Å². The van der Waals surface area contributed by atoms with Crippen LogP contribution in [0.2, 0.25) is 0 Å².